The third-order valence-electron chi connectivity index (χ3n) is 2.90. The summed E-state index contributed by atoms with van der Waals surface area (Å²) in [7, 11) is -7.11. The summed E-state index contributed by atoms with van der Waals surface area (Å²) in [6, 6.07) is 6.01. The molecule has 0 aromatic heterocycles. The SMILES string of the molecule is C=CCN(CCNS(=O)(=O)c1ccc(OCC)cc1)S(C)(=O)=O. The van der Waals surface area contributed by atoms with Gasteiger partial charge in [0.05, 0.1) is 17.8 Å². The molecule has 0 saturated heterocycles. The van der Waals surface area contributed by atoms with Gasteiger partial charge in [-0.2, -0.15) is 4.31 Å². The van der Waals surface area contributed by atoms with Crippen LogP contribution in [0.2, 0.25) is 0 Å². The van der Waals surface area contributed by atoms with Crippen LogP contribution in [0.5, 0.6) is 5.75 Å². The fourth-order valence-electron chi connectivity index (χ4n) is 1.81. The Balaban J connectivity index is 2.69. The summed E-state index contributed by atoms with van der Waals surface area (Å²) in [5.41, 5.74) is 0. The Morgan fingerprint density at radius 2 is 1.83 bits per heavy atom. The second-order valence-electron chi connectivity index (χ2n) is 4.71. The van der Waals surface area contributed by atoms with Crippen molar-refractivity contribution in [3.8, 4) is 5.75 Å². The number of nitrogens with zero attached hydrogens (tertiary/aromatic N) is 1. The lowest BCUT2D eigenvalue weighted by Gasteiger charge is -2.18. The number of sulfonamides is 2. The van der Waals surface area contributed by atoms with Gasteiger partial charge in [0.15, 0.2) is 0 Å². The van der Waals surface area contributed by atoms with Gasteiger partial charge in [0.25, 0.3) is 0 Å². The summed E-state index contributed by atoms with van der Waals surface area (Å²) in [4.78, 5) is 0.0931. The van der Waals surface area contributed by atoms with E-state index in [9.17, 15) is 16.8 Å². The highest BCUT2D eigenvalue weighted by Gasteiger charge is 2.17. The molecule has 0 aliphatic rings. The Morgan fingerprint density at radius 3 is 2.30 bits per heavy atom. The summed E-state index contributed by atoms with van der Waals surface area (Å²) >= 11 is 0. The summed E-state index contributed by atoms with van der Waals surface area (Å²) in [6.07, 6.45) is 2.51. The Labute approximate surface area is 138 Å². The minimum Gasteiger partial charge on any atom is -0.494 e. The number of rotatable bonds is 10. The number of nitrogens with one attached hydrogen (secondary N) is 1. The summed E-state index contributed by atoms with van der Waals surface area (Å²) in [5, 5.41) is 0. The monoisotopic (exact) mass is 362 g/mol. The number of benzene rings is 1. The van der Waals surface area contributed by atoms with Crippen molar-refractivity contribution in [2.45, 2.75) is 11.8 Å². The number of ether oxygens (including phenoxy) is 1. The molecular weight excluding hydrogens is 340 g/mol. The molecule has 0 saturated carbocycles. The maximum Gasteiger partial charge on any atom is 0.240 e. The first-order valence-corrected chi connectivity index (χ1v) is 10.3. The standard InChI is InChI=1S/C14H22N2O5S2/c1-4-11-16(22(3,17)18)12-10-15-23(19,20)14-8-6-13(7-9-14)21-5-2/h4,6-9,15H,1,5,10-12H2,2-3H3. The van der Waals surface area contributed by atoms with Crippen molar-refractivity contribution in [1.29, 1.82) is 0 Å². The Bertz CT molecular complexity index is 712. The van der Waals surface area contributed by atoms with E-state index in [1.807, 2.05) is 6.92 Å². The molecule has 23 heavy (non-hydrogen) atoms. The molecule has 0 aliphatic heterocycles. The smallest absolute Gasteiger partial charge is 0.240 e. The molecule has 1 N–H and O–H groups in total. The zero-order valence-corrected chi connectivity index (χ0v) is 14.9. The fraction of sp³-hybridized carbons (Fsp3) is 0.429. The zero-order valence-electron chi connectivity index (χ0n) is 13.2. The van der Waals surface area contributed by atoms with Gasteiger partial charge in [0, 0.05) is 19.6 Å². The molecule has 0 atom stereocenters. The first kappa shape index (κ1) is 19.6. The minimum atomic E-state index is -3.70. The van der Waals surface area contributed by atoms with Crippen molar-refractivity contribution in [3.05, 3.63) is 36.9 Å². The number of hydrogen-bond acceptors (Lipinski definition) is 5. The van der Waals surface area contributed by atoms with Gasteiger partial charge < -0.3 is 4.74 Å². The topological polar surface area (TPSA) is 92.8 Å². The van der Waals surface area contributed by atoms with Gasteiger partial charge in [-0.15, -0.1) is 6.58 Å². The quantitative estimate of drug-likeness (QED) is 0.622. The second kappa shape index (κ2) is 8.44. The highest BCUT2D eigenvalue weighted by atomic mass is 32.2. The van der Waals surface area contributed by atoms with Crippen LogP contribution < -0.4 is 9.46 Å². The highest BCUT2D eigenvalue weighted by molar-refractivity contribution is 7.89. The van der Waals surface area contributed by atoms with E-state index in [1.165, 1.54) is 18.2 Å². The molecule has 130 valence electrons. The van der Waals surface area contributed by atoms with Crippen LogP contribution >= 0.6 is 0 Å². The van der Waals surface area contributed by atoms with E-state index in [1.54, 1.807) is 12.1 Å². The Hall–Kier alpha value is -1.42. The van der Waals surface area contributed by atoms with E-state index in [2.05, 4.69) is 11.3 Å². The van der Waals surface area contributed by atoms with Crippen LogP contribution in [0.15, 0.2) is 41.8 Å². The predicted octanol–water partition coefficient (Wildman–Crippen LogP) is 0.811. The van der Waals surface area contributed by atoms with Crippen molar-refractivity contribution in [2.24, 2.45) is 0 Å². The van der Waals surface area contributed by atoms with Crippen LogP contribution in [0, 0.1) is 0 Å². The molecule has 1 rings (SSSR count). The van der Waals surface area contributed by atoms with Crippen LogP contribution in [0.1, 0.15) is 6.92 Å². The number of hydrogen-bond donors (Lipinski definition) is 1. The third kappa shape index (κ3) is 6.30. The van der Waals surface area contributed by atoms with Gasteiger partial charge in [-0.1, -0.05) is 6.08 Å². The Morgan fingerprint density at radius 1 is 1.22 bits per heavy atom. The molecular formula is C14H22N2O5S2. The average Bonchev–Trinajstić information content (AvgIpc) is 2.46. The van der Waals surface area contributed by atoms with E-state index >= 15 is 0 Å². The van der Waals surface area contributed by atoms with Crippen LogP contribution in [-0.2, 0) is 20.0 Å². The van der Waals surface area contributed by atoms with Gasteiger partial charge in [-0.05, 0) is 31.2 Å². The molecule has 0 spiro atoms. The molecule has 0 aliphatic carbocycles. The van der Waals surface area contributed by atoms with Gasteiger partial charge in [-0.3, -0.25) is 0 Å². The first-order chi connectivity index (χ1) is 10.7. The van der Waals surface area contributed by atoms with E-state index < -0.39 is 20.0 Å². The average molecular weight is 362 g/mol. The molecule has 9 heteroatoms. The zero-order chi connectivity index (χ0) is 17.5. The van der Waals surface area contributed by atoms with Crippen molar-refractivity contribution in [1.82, 2.24) is 9.03 Å². The summed E-state index contributed by atoms with van der Waals surface area (Å²) in [5.74, 6) is 0.584. The largest absolute Gasteiger partial charge is 0.494 e. The van der Waals surface area contributed by atoms with Crippen LogP contribution in [0.4, 0.5) is 0 Å². The lowest BCUT2D eigenvalue weighted by Crippen LogP contribution is -2.38. The van der Waals surface area contributed by atoms with Gasteiger partial charge >= 0.3 is 0 Å². The fourth-order valence-corrected chi connectivity index (χ4v) is 3.63. The molecule has 7 nitrogen and oxygen atoms in total. The van der Waals surface area contributed by atoms with Crippen LogP contribution in [-0.4, -0.2) is 53.6 Å². The normalized spacial score (nSPS) is 12.3. The summed E-state index contributed by atoms with van der Waals surface area (Å²) < 4.78 is 56.1. The van der Waals surface area contributed by atoms with Crippen LogP contribution in [0.3, 0.4) is 0 Å². The van der Waals surface area contributed by atoms with Gasteiger partial charge in [0.2, 0.25) is 20.0 Å². The lowest BCUT2D eigenvalue weighted by atomic mass is 10.3. The molecule has 0 fully saturated rings. The molecule has 1 aromatic carbocycles. The summed E-state index contributed by atoms with van der Waals surface area (Å²) in [6.45, 7) is 5.94. The minimum absolute atomic E-state index is 0.0289. The molecule has 0 unspecified atom stereocenters. The van der Waals surface area contributed by atoms with E-state index in [-0.39, 0.29) is 24.5 Å². The second-order valence-corrected chi connectivity index (χ2v) is 8.46. The van der Waals surface area contributed by atoms with E-state index in [0.717, 1.165) is 10.6 Å². The van der Waals surface area contributed by atoms with Crippen LogP contribution in [0.25, 0.3) is 0 Å². The molecule has 1 aromatic rings. The van der Waals surface area contributed by atoms with Crippen molar-refractivity contribution < 1.29 is 21.6 Å². The maximum absolute atomic E-state index is 12.2. The Kier molecular flexibility index (Phi) is 7.20. The van der Waals surface area contributed by atoms with Gasteiger partial charge in [-0.25, -0.2) is 21.6 Å². The van der Waals surface area contributed by atoms with Gasteiger partial charge in [0.1, 0.15) is 5.75 Å². The van der Waals surface area contributed by atoms with Crippen molar-refractivity contribution in [3.63, 3.8) is 0 Å². The molecule has 0 heterocycles. The lowest BCUT2D eigenvalue weighted by molar-refractivity contribution is 0.340. The predicted molar refractivity (Wildman–Crippen MR) is 89.4 cm³/mol. The highest BCUT2D eigenvalue weighted by Crippen LogP contribution is 2.15. The van der Waals surface area contributed by atoms with Crippen molar-refractivity contribution in [2.75, 3.05) is 32.5 Å². The van der Waals surface area contributed by atoms with E-state index in [4.69, 9.17) is 4.74 Å². The maximum atomic E-state index is 12.2. The first-order valence-electron chi connectivity index (χ1n) is 6.99. The third-order valence-corrected chi connectivity index (χ3v) is 5.65. The molecule has 0 radical (unpaired) electrons. The molecule has 0 amide bonds. The van der Waals surface area contributed by atoms with E-state index in [0.29, 0.717) is 12.4 Å². The molecule has 0 bridgehead atoms. The van der Waals surface area contributed by atoms with Crippen molar-refractivity contribution >= 4 is 20.0 Å².